The Balaban J connectivity index is 0.755. The van der Waals surface area contributed by atoms with Gasteiger partial charge in [0, 0.05) is 57.0 Å². The molecule has 1 saturated heterocycles. The molecule has 11 aromatic carbocycles. The van der Waals surface area contributed by atoms with Gasteiger partial charge in [-0.25, -0.2) is 0 Å². The molecule has 1 heterocycles. The van der Waals surface area contributed by atoms with Crippen molar-refractivity contribution in [3.8, 4) is 61.4 Å². The minimum atomic E-state index is -0.0755. The van der Waals surface area contributed by atoms with E-state index in [1.807, 2.05) is 0 Å². The Morgan fingerprint density at radius 2 is 0.711 bits per heavy atom. The third-order valence-corrected chi connectivity index (χ3v) is 25.8. The number of anilines is 6. The van der Waals surface area contributed by atoms with Crippen LogP contribution < -0.4 is 14.5 Å². The number of unbranched alkanes of at least 4 members (excludes halogenated alkanes) is 15. The van der Waals surface area contributed by atoms with Crippen molar-refractivity contribution in [2.45, 2.75) is 239 Å². The molecule has 0 bridgehead atoms. The van der Waals surface area contributed by atoms with Crippen LogP contribution in [-0.2, 0) is 26.7 Å². The van der Waals surface area contributed by atoms with Gasteiger partial charge in [-0.3, -0.25) is 0 Å². The lowest BCUT2D eigenvalue weighted by Crippen LogP contribution is -2.43. The largest absolute Gasteiger partial charge is 0.494 e. The van der Waals surface area contributed by atoms with E-state index in [2.05, 4.69) is 314 Å². The van der Waals surface area contributed by atoms with Crippen molar-refractivity contribution < 1.29 is 14.2 Å². The molecule has 3 aliphatic rings. The fourth-order valence-corrected chi connectivity index (χ4v) is 18.8. The second-order valence-electron chi connectivity index (χ2n) is 34.4. The molecule has 0 N–H and O–H groups in total. The third-order valence-electron chi connectivity index (χ3n) is 25.8. The molecule has 114 heavy (non-hydrogen) atoms. The standard InChI is InChI=1S/C109H128N2O3/c1-9-14-18-27-67-108(68-28-19-15-10-2)103-74-84(39-63-99(103)100-65-47-90(76-104(100)108)87-42-55-95(56-43-87)110(92-49-35-81(6)36-50-92)94-53-40-85(41-54-94)82(7)13-5)73-83-37-51-93(52-38-83)111(97-59-61-98(62-60-97)114-72-32-23-22-31-71-112-78-107(8)79-113-80-107)96-57-44-88(45-58-96)91-48-66-102-101-64-46-89(86-33-25-24-26-34-86)75-105(101)109(106(102)77-91,69-29-20-16-11-3)70-30-21-17-12-4/h24-26,33-66,74-77,82H,9-23,27-32,67-73,78-80H2,1-8H3. The van der Waals surface area contributed by atoms with Crippen molar-refractivity contribution in [3.63, 3.8) is 0 Å². The van der Waals surface area contributed by atoms with E-state index in [4.69, 9.17) is 14.2 Å². The number of hydrogen-bond donors (Lipinski definition) is 0. The average molecular weight is 1510 g/mol. The smallest absolute Gasteiger partial charge is 0.119 e. The second-order valence-corrected chi connectivity index (χ2v) is 34.4. The fourth-order valence-electron chi connectivity index (χ4n) is 18.8. The van der Waals surface area contributed by atoms with Crippen LogP contribution in [0.3, 0.4) is 0 Å². The molecule has 2 aliphatic carbocycles. The molecule has 14 rings (SSSR count). The Kier molecular flexibility index (Phi) is 27.8. The van der Waals surface area contributed by atoms with Crippen LogP contribution in [0.5, 0.6) is 5.75 Å². The molecular formula is C109H128N2O3. The molecule has 0 spiro atoms. The second kappa shape index (κ2) is 38.9. The van der Waals surface area contributed by atoms with Crippen LogP contribution in [0.1, 0.15) is 259 Å². The zero-order chi connectivity index (χ0) is 78.7. The topological polar surface area (TPSA) is 34.2 Å². The first-order valence-electron chi connectivity index (χ1n) is 44.5. The Morgan fingerprint density at radius 3 is 1.13 bits per heavy atom. The molecule has 0 radical (unpaired) electrons. The first-order valence-corrected chi connectivity index (χ1v) is 44.5. The molecule has 1 fully saturated rings. The summed E-state index contributed by atoms with van der Waals surface area (Å²) in [6.07, 6.45) is 31.0. The predicted octanol–water partition coefficient (Wildman–Crippen LogP) is 31.4. The van der Waals surface area contributed by atoms with Crippen LogP contribution in [0.4, 0.5) is 34.1 Å². The monoisotopic (exact) mass is 1510 g/mol. The summed E-state index contributed by atoms with van der Waals surface area (Å²) in [5, 5.41) is 0. The summed E-state index contributed by atoms with van der Waals surface area (Å²) >= 11 is 0. The van der Waals surface area contributed by atoms with Gasteiger partial charge < -0.3 is 24.0 Å². The van der Waals surface area contributed by atoms with Gasteiger partial charge in [0.1, 0.15) is 5.75 Å². The highest BCUT2D eigenvalue weighted by atomic mass is 16.5. The maximum absolute atomic E-state index is 6.46. The first kappa shape index (κ1) is 81.3. The highest BCUT2D eigenvalue weighted by Gasteiger charge is 2.45. The van der Waals surface area contributed by atoms with Crippen LogP contribution in [0.15, 0.2) is 249 Å². The molecule has 5 heteroatoms. The Labute approximate surface area is 686 Å². The van der Waals surface area contributed by atoms with Gasteiger partial charge in [-0.15, -0.1) is 0 Å². The maximum Gasteiger partial charge on any atom is 0.119 e. The normalized spacial score (nSPS) is 14.2. The first-order chi connectivity index (χ1) is 55.9. The molecular weight excluding hydrogens is 1390 g/mol. The summed E-state index contributed by atoms with van der Waals surface area (Å²) in [7, 11) is 0. The molecule has 5 nitrogen and oxygen atoms in total. The third kappa shape index (κ3) is 18.8. The number of fused-ring (bicyclic) bond motifs is 6. The zero-order valence-electron chi connectivity index (χ0n) is 70.3. The van der Waals surface area contributed by atoms with Crippen molar-refractivity contribution in [1.82, 2.24) is 0 Å². The minimum absolute atomic E-state index is 0.0434. The summed E-state index contributed by atoms with van der Waals surface area (Å²) in [5.41, 5.74) is 31.8. The highest BCUT2D eigenvalue weighted by Crippen LogP contribution is 2.58. The van der Waals surface area contributed by atoms with E-state index in [-0.39, 0.29) is 16.2 Å². The summed E-state index contributed by atoms with van der Waals surface area (Å²) < 4.78 is 17.9. The van der Waals surface area contributed by atoms with E-state index in [1.54, 1.807) is 5.56 Å². The molecule has 1 unspecified atom stereocenters. The van der Waals surface area contributed by atoms with E-state index in [1.165, 1.54) is 222 Å². The van der Waals surface area contributed by atoms with Crippen molar-refractivity contribution >= 4 is 34.1 Å². The van der Waals surface area contributed by atoms with Gasteiger partial charge in [-0.1, -0.05) is 309 Å². The molecule has 0 aromatic heterocycles. The molecule has 592 valence electrons. The summed E-state index contributed by atoms with van der Waals surface area (Å²) in [5.74, 6) is 1.43. The lowest BCUT2D eigenvalue weighted by molar-refractivity contribution is -0.137. The van der Waals surface area contributed by atoms with Gasteiger partial charge in [0.25, 0.3) is 0 Å². The minimum Gasteiger partial charge on any atom is -0.494 e. The molecule has 0 saturated carbocycles. The van der Waals surface area contributed by atoms with E-state index >= 15 is 0 Å². The van der Waals surface area contributed by atoms with Crippen molar-refractivity contribution in [2.75, 3.05) is 42.8 Å². The van der Waals surface area contributed by atoms with Crippen LogP contribution in [-0.4, -0.2) is 33.0 Å². The van der Waals surface area contributed by atoms with Gasteiger partial charge >= 0.3 is 0 Å². The predicted molar refractivity (Wildman–Crippen MR) is 486 cm³/mol. The molecule has 1 aliphatic heterocycles. The quantitative estimate of drug-likeness (QED) is 0.0356. The number of aryl methyl sites for hydroxylation is 1. The Bertz CT molecular complexity index is 4820. The summed E-state index contributed by atoms with van der Waals surface area (Å²) in [6, 6.07) is 96.4. The number of nitrogens with zero attached hydrogens (tertiary/aromatic N) is 2. The summed E-state index contributed by atoms with van der Waals surface area (Å²) in [4.78, 5) is 4.85. The maximum atomic E-state index is 6.46. The van der Waals surface area contributed by atoms with Crippen LogP contribution in [0, 0.1) is 12.3 Å². The van der Waals surface area contributed by atoms with E-state index in [0.717, 1.165) is 106 Å². The van der Waals surface area contributed by atoms with E-state index in [9.17, 15) is 0 Å². The number of hydrogen-bond acceptors (Lipinski definition) is 5. The van der Waals surface area contributed by atoms with Crippen LogP contribution >= 0.6 is 0 Å². The molecule has 11 aromatic rings. The lowest BCUT2D eigenvalue weighted by atomic mass is 9.70. The van der Waals surface area contributed by atoms with Crippen molar-refractivity contribution in [3.05, 3.63) is 293 Å². The van der Waals surface area contributed by atoms with Crippen LogP contribution in [0.2, 0.25) is 0 Å². The van der Waals surface area contributed by atoms with E-state index < -0.39 is 0 Å². The van der Waals surface area contributed by atoms with Crippen molar-refractivity contribution in [2.24, 2.45) is 5.41 Å². The lowest BCUT2D eigenvalue weighted by Gasteiger charge is -2.37. The van der Waals surface area contributed by atoms with Gasteiger partial charge in [0.05, 0.1) is 26.4 Å². The number of rotatable bonds is 43. The molecule has 1 atom stereocenters. The Hall–Kier alpha value is -9.26. The van der Waals surface area contributed by atoms with Gasteiger partial charge in [-0.05, 0) is 268 Å². The fraction of sp³-hybridized carbons (Fsp3) is 0.394. The van der Waals surface area contributed by atoms with Gasteiger partial charge in [0.15, 0.2) is 0 Å². The summed E-state index contributed by atoms with van der Waals surface area (Å²) in [6.45, 7) is 22.3. The Morgan fingerprint density at radius 1 is 0.351 bits per heavy atom. The zero-order valence-corrected chi connectivity index (χ0v) is 70.3. The van der Waals surface area contributed by atoms with E-state index in [0.29, 0.717) is 12.5 Å². The number of benzene rings is 11. The SMILES string of the molecule is CCCCCCC1(CCCCCC)c2cc(Cc3ccc(N(c4ccc(OCCCCCCOCC5(C)COC5)cc4)c4ccc(-c5ccc6c(c5)C(CCCCCC)(CCCCCC)c5cc(-c7ccccc7)ccc5-6)cc4)cc3)ccc2-c2ccc(-c3ccc(N(c4ccc(C)cc4)c4ccc(C(C)CC)cc4)cc3)cc21. The number of ether oxygens (including phenoxy) is 3. The van der Waals surface area contributed by atoms with Gasteiger partial charge in [0.2, 0.25) is 0 Å². The average Bonchev–Trinajstić information content (AvgIpc) is 1.57. The van der Waals surface area contributed by atoms with Crippen molar-refractivity contribution in [1.29, 1.82) is 0 Å². The van der Waals surface area contributed by atoms with Crippen LogP contribution in [0.25, 0.3) is 55.6 Å². The van der Waals surface area contributed by atoms with Gasteiger partial charge in [-0.2, -0.15) is 0 Å². The molecule has 0 amide bonds. The highest BCUT2D eigenvalue weighted by molar-refractivity contribution is 5.89.